The minimum absolute atomic E-state index is 0.128. The zero-order valence-corrected chi connectivity index (χ0v) is 7.23. The fourth-order valence-corrected chi connectivity index (χ4v) is 1.42. The number of rotatable bonds is 5. The third-order valence-electron chi connectivity index (χ3n) is 1.02. The molecule has 10 heavy (non-hydrogen) atoms. The molecule has 2 atom stereocenters. The van der Waals surface area contributed by atoms with Crippen molar-refractivity contribution < 1.29 is 0 Å². The van der Waals surface area contributed by atoms with Crippen LogP contribution in [0.5, 0.6) is 0 Å². The number of nitrogens with two attached hydrogens (primary N) is 3. The van der Waals surface area contributed by atoms with Gasteiger partial charge < -0.3 is 17.2 Å². The molecule has 0 aliphatic heterocycles. The summed E-state index contributed by atoms with van der Waals surface area (Å²) < 4.78 is 0. The van der Waals surface area contributed by atoms with Crippen molar-refractivity contribution in [2.24, 2.45) is 17.2 Å². The number of thioether (sulfide) groups is 1. The Morgan fingerprint density at radius 3 is 2.30 bits per heavy atom. The molecule has 0 aliphatic rings. The molecule has 0 bridgehead atoms. The maximum Gasteiger partial charge on any atom is 0.0255 e. The van der Waals surface area contributed by atoms with E-state index >= 15 is 0 Å². The average Bonchev–Trinajstić information content (AvgIpc) is 1.87. The predicted molar refractivity (Wildman–Crippen MR) is 48.0 cm³/mol. The normalized spacial score (nSPS) is 16.8. The Morgan fingerprint density at radius 1 is 1.30 bits per heavy atom. The second-order valence-electron chi connectivity index (χ2n) is 2.51. The van der Waals surface area contributed by atoms with Crippen LogP contribution in [0.25, 0.3) is 0 Å². The lowest BCUT2D eigenvalue weighted by atomic mass is 10.4. The van der Waals surface area contributed by atoms with Gasteiger partial charge in [0.1, 0.15) is 0 Å². The van der Waals surface area contributed by atoms with Gasteiger partial charge in [-0.15, -0.1) is 0 Å². The first-order chi connectivity index (χ1) is 4.66. The summed E-state index contributed by atoms with van der Waals surface area (Å²) in [6.45, 7) is 2.55. The van der Waals surface area contributed by atoms with Crippen molar-refractivity contribution in [3.05, 3.63) is 0 Å². The molecule has 0 rings (SSSR count). The van der Waals surface area contributed by atoms with Crippen LogP contribution in [-0.2, 0) is 0 Å². The smallest absolute Gasteiger partial charge is 0.0255 e. The Morgan fingerprint density at radius 2 is 1.90 bits per heavy atom. The molecule has 0 saturated carbocycles. The highest BCUT2D eigenvalue weighted by molar-refractivity contribution is 7.99. The van der Waals surface area contributed by atoms with Gasteiger partial charge in [0.25, 0.3) is 0 Å². The second kappa shape index (κ2) is 5.97. The number of hydrogen-bond donors (Lipinski definition) is 3. The van der Waals surface area contributed by atoms with Gasteiger partial charge in [0.05, 0.1) is 0 Å². The monoisotopic (exact) mass is 163 g/mol. The van der Waals surface area contributed by atoms with Crippen LogP contribution in [0.2, 0.25) is 0 Å². The summed E-state index contributed by atoms with van der Waals surface area (Å²) >= 11 is 1.76. The van der Waals surface area contributed by atoms with Gasteiger partial charge in [-0.25, -0.2) is 0 Å². The fourth-order valence-electron chi connectivity index (χ4n) is 0.473. The van der Waals surface area contributed by atoms with E-state index in [0.29, 0.717) is 6.54 Å². The molecule has 0 amide bonds. The Labute approximate surface area is 66.7 Å². The summed E-state index contributed by atoms with van der Waals surface area (Å²) in [5.74, 6) is 1.88. The molecular weight excluding hydrogens is 146 g/mol. The molecule has 0 aromatic rings. The van der Waals surface area contributed by atoms with E-state index in [0.717, 1.165) is 11.5 Å². The Hall–Kier alpha value is 0.230. The minimum Gasteiger partial charge on any atom is -0.329 e. The standard InChI is InChI=1S/C6H17N3S/c1-5(8)3-10-4-6(9)2-7/h5-6H,2-4,7-9H2,1H3. The van der Waals surface area contributed by atoms with Crippen LogP contribution in [-0.4, -0.2) is 30.1 Å². The molecule has 0 fully saturated rings. The lowest BCUT2D eigenvalue weighted by Gasteiger charge is -2.08. The second-order valence-corrected chi connectivity index (χ2v) is 3.59. The molecule has 0 spiro atoms. The largest absolute Gasteiger partial charge is 0.329 e. The van der Waals surface area contributed by atoms with Gasteiger partial charge >= 0.3 is 0 Å². The van der Waals surface area contributed by atoms with Crippen molar-refractivity contribution in [2.45, 2.75) is 19.0 Å². The van der Waals surface area contributed by atoms with E-state index in [1.165, 1.54) is 0 Å². The SMILES string of the molecule is CC(N)CSCC(N)CN. The Balaban J connectivity index is 3.03. The Bertz CT molecular complexity index is 77.4. The quantitative estimate of drug-likeness (QED) is 0.503. The van der Waals surface area contributed by atoms with Crippen molar-refractivity contribution in [3.8, 4) is 0 Å². The summed E-state index contributed by atoms with van der Waals surface area (Å²) in [5.41, 5.74) is 16.4. The fraction of sp³-hybridized carbons (Fsp3) is 1.00. The molecule has 0 aromatic heterocycles. The van der Waals surface area contributed by atoms with Crippen LogP contribution in [0.4, 0.5) is 0 Å². The number of hydrogen-bond acceptors (Lipinski definition) is 4. The first-order valence-corrected chi connectivity index (χ1v) is 4.61. The van der Waals surface area contributed by atoms with Crippen LogP contribution >= 0.6 is 11.8 Å². The molecule has 0 radical (unpaired) electrons. The zero-order chi connectivity index (χ0) is 7.98. The lowest BCUT2D eigenvalue weighted by molar-refractivity contribution is 0.760. The summed E-state index contributed by atoms with van der Waals surface area (Å²) in [7, 11) is 0. The van der Waals surface area contributed by atoms with Crippen LogP contribution in [0.15, 0.2) is 0 Å². The van der Waals surface area contributed by atoms with Crippen molar-refractivity contribution in [2.75, 3.05) is 18.1 Å². The van der Waals surface area contributed by atoms with Crippen molar-refractivity contribution >= 4 is 11.8 Å². The van der Waals surface area contributed by atoms with Crippen molar-refractivity contribution in [3.63, 3.8) is 0 Å². The molecule has 2 unspecified atom stereocenters. The molecule has 6 N–H and O–H groups in total. The first kappa shape index (κ1) is 10.2. The van der Waals surface area contributed by atoms with E-state index in [-0.39, 0.29) is 12.1 Å². The van der Waals surface area contributed by atoms with Crippen LogP contribution < -0.4 is 17.2 Å². The van der Waals surface area contributed by atoms with E-state index in [1.54, 1.807) is 11.8 Å². The van der Waals surface area contributed by atoms with Gasteiger partial charge in [-0.3, -0.25) is 0 Å². The molecule has 4 heteroatoms. The molecule has 0 aromatic carbocycles. The van der Waals surface area contributed by atoms with Gasteiger partial charge in [0.15, 0.2) is 0 Å². The van der Waals surface area contributed by atoms with E-state index < -0.39 is 0 Å². The molecule has 0 aliphatic carbocycles. The minimum atomic E-state index is 0.128. The third-order valence-corrected chi connectivity index (χ3v) is 2.44. The summed E-state index contributed by atoms with van der Waals surface area (Å²) in [6.07, 6.45) is 0. The van der Waals surface area contributed by atoms with E-state index in [2.05, 4.69) is 0 Å². The summed E-state index contributed by atoms with van der Waals surface area (Å²) in [6, 6.07) is 0.388. The average molecular weight is 163 g/mol. The maximum atomic E-state index is 5.57. The van der Waals surface area contributed by atoms with E-state index in [1.807, 2.05) is 6.92 Å². The molecular formula is C6H17N3S. The van der Waals surface area contributed by atoms with E-state index in [4.69, 9.17) is 17.2 Å². The third kappa shape index (κ3) is 6.35. The molecule has 62 valence electrons. The topological polar surface area (TPSA) is 78.1 Å². The zero-order valence-electron chi connectivity index (χ0n) is 6.42. The highest BCUT2D eigenvalue weighted by Gasteiger charge is 1.99. The van der Waals surface area contributed by atoms with Crippen LogP contribution in [0, 0.1) is 0 Å². The predicted octanol–water partition coefficient (Wildman–Crippen LogP) is -0.647. The lowest BCUT2D eigenvalue weighted by Crippen LogP contribution is -2.32. The molecule has 3 nitrogen and oxygen atoms in total. The van der Waals surface area contributed by atoms with Crippen molar-refractivity contribution in [1.29, 1.82) is 0 Å². The van der Waals surface area contributed by atoms with Gasteiger partial charge in [-0.1, -0.05) is 0 Å². The van der Waals surface area contributed by atoms with E-state index in [9.17, 15) is 0 Å². The highest BCUT2D eigenvalue weighted by Crippen LogP contribution is 2.01. The van der Waals surface area contributed by atoms with Gasteiger partial charge in [0, 0.05) is 30.1 Å². The Kier molecular flexibility index (Phi) is 6.11. The molecule has 0 saturated heterocycles. The van der Waals surface area contributed by atoms with Crippen LogP contribution in [0.1, 0.15) is 6.92 Å². The first-order valence-electron chi connectivity index (χ1n) is 3.45. The maximum absolute atomic E-state index is 5.57. The highest BCUT2D eigenvalue weighted by atomic mass is 32.2. The van der Waals surface area contributed by atoms with Gasteiger partial charge in [-0.2, -0.15) is 11.8 Å². The summed E-state index contributed by atoms with van der Waals surface area (Å²) in [4.78, 5) is 0. The van der Waals surface area contributed by atoms with Crippen molar-refractivity contribution in [1.82, 2.24) is 0 Å². The van der Waals surface area contributed by atoms with Gasteiger partial charge in [-0.05, 0) is 6.92 Å². The molecule has 0 heterocycles. The summed E-state index contributed by atoms with van der Waals surface area (Å²) in [5, 5.41) is 0. The van der Waals surface area contributed by atoms with Crippen LogP contribution in [0.3, 0.4) is 0 Å². The van der Waals surface area contributed by atoms with Gasteiger partial charge in [0.2, 0.25) is 0 Å².